The average molecular weight is 204 g/mol. The first-order valence-corrected chi connectivity index (χ1v) is 5.11. The van der Waals surface area contributed by atoms with E-state index in [1.54, 1.807) is 0 Å². The van der Waals surface area contributed by atoms with Crippen molar-refractivity contribution in [2.24, 2.45) is 0 Å². The fourth-order valence-corrected chi connectivity index (χ4v) is 1.35. The highest BCUT2D eigenvalue weighted by molar-refractivity contribution is 4.60. The summed E-state index contributed by atoms with van der Waals surface area (Å²) >= 11 is 0. The van der Waals surface area contributed by atoms with Crippen LogP contribution >= 0.6 is 0 Å². The lowest BCUT2D eigenvalue weighted by molar-refractivity contribution is -0.485. The summed E-state index contributed by atoms with van der Waals surface area (Å²) in [4.78, 5) is 14.7. The minimum Gasteiger partial charge on any atom is -0.305 e. The minimum absolute atomic E-state index is 0.0695. The molecule has 0 radical (unpaired) electrons. The van der Waals surface area contributed by atoms with Crippen LogP contribution in [-0.4, -0.2) is 24.6 Å². The Morgan fingerprint density at radius 1 is 1.43 bits per heavy atom. The number of nitrogens with zero attached hydrogens (tertiary/aromatic N) is 1. The molecule has 0 spiro atoms. The van der Waals surface area contributed by atoms with Gasteiger partial charge in [0, 0.05) is 4.92 Å². The first-order chi connectivity index (χ1) is 6.70. The fraction of sp³-hybridized carbons (Fsp3) is 1.00. The van der Waals surface area contributed by atoms with Crippen LogP contribution in [0.3, 0.4) is 0 Å². The van der Waals surface area contributed by atoms with Crippen LogP contribution in [0.1, 0.15) is 39.0 Å². The van der Waals surface area contributed by atoms with E-state index in [4.69, 9.17) is 4.84 Å². The van der Waals surface area contributed by atoms with E-state index >= 15 is 0 Å². The SMILES string of the molecule is CCCCCCC(C[N+](=O)[O-])NOC. The minimum atomic E-state index is -0.309. The van der Waals surface area contributed by atoms with Gasteiger partial charge in [-0.1, -0.05) is 32.6 Å². The molecule has 0 saturated carbocycles. The summed E-state index contributed by atoms with van der Waals surface area (Å²) in [6.07, 6.45) is 5.32. The molecule has 0 fully saturated rings. The van der Waals surface area contributed by atoms with E-state index in [-0.39, 0.29) is 17.5 Å². The fourth-order valence-electron chi connectivity index (χ4n) is 1.35. The summed E-state index contributed by atoms with van der Waals surface area (Å²) in [5.74, 6) is 0. The summed E-state index contributed by atoms with van der Waals surface area (Å²) in [6.45, 7) is 2.07. The van der Waals surface area contributed by atoms with E-state index in [2.05, 4.69) is 12.4 Å². The number of hydrogen-bond acceptors (Lipinski definition) is 4. The van der Waals surface area contributed by atoms with Crippen molar-refractivity contribution in [3.8, 4) is 0 Å². The van der Waals surface area contributed by atoms with Crippen molar-refractivity contribution in [2.75, 3.05) is 13.7 Å². The number of unbranched alkanes of at least 4 members (excludes halogenated alkanes) is 3. The van der Waals surface area contributed by atoms with Crippen molar-refractivity contribution in [1.29, 1.82) is 0 Å². The highest BCUT2D eigenvalue weighted by atomic mass is 16.6. The predicted octanol–water partition coefficient (Wildman–Crippen LogP) is 1.75. The van der Waals surface area contributed by atoms with Gasteiger partial charge in [0.15, 0.2) is 0 Å². The molecule has 0 aromatic carbocycles. The second kappa shape index (κ2) is 8.90. The Morgan fingerprint density at radius 2 is 2.14 bits per heavy atom. The zero-order valence-corrected chi connectivity index (χ0v) is 8.99. The van der Waals surface area contributed by atoms with Crippen molar-refractivity contribution < 1.29 is 9.76 Å². The van der Waals surface area contributed by atoms with Crippen LogP contribution < -0.4 is 5.48 Å². The van der Waals surface area contributed by atoms with E-state index in [9.17, 15) is 10.1 Å². The van der Waals surface area contributed by atoms with Gasteiger partial charge in [-0.15, -0.1) is 0 Å². The van der Waals surface area contributed by atoms with E-state index < -0.39 is 0 Å². The Kier molecular flexibility index (Phi) is 8.47. The van der Waals surface area contributed by atoms with E-state index in [1.807, 2.05) is 0 Å². The normalized spacial score (nSPS) is 12.7. The van der Waals surface area contributed by atoms with Gasteiger partial charge in [-0.3, -0.25) is 10.1 Å². The molecule has 0 aromatic heterocycles. The van der Waals surface area contributed by atoms with Crippen molar-refractivity contribution in [2.45, 2.75) is 45.1 Å². The molecule has 0 heterocycles. The largest absolute Gasteiger partial charge is 0.305 e. The second-order valence-corrected chi connectivity index (χ2v) is 3.38. The highest BCUT2D eigenvalue weighted by Gasteiger charge is 2.13. The summed E-state index contributed by atoms with van der Waals surface area (Å²) in [7, 11) is 1.49. The number of hydroxylamine groups is 1. The van der Waals surface area contributed by atoms with Crippen LogP contribution in [0.2, 0.25) is 0 Å². The molecular weight excluding hydrogens is 184 g/mol. The van der Waals surface area contributed by atoms with Gasteiger partial charge < -0.3 is 4.84 Å². The van der Waals surface area contributed by atoms with E-state index in [0.29, 0.717) is 0 Å². The zero-order chi connectivity index (χ0) is 10.8. The standard InChI is InChI=1S/C9H20N2O3/c1-3-4-5-6-7-9(10-14-2)8-11(12)13/h9-10H,3-8H2,1-2H3. The predicted molar refractivity (Wildman–Crippen MR) is 54.6 cm³/mol. The molecule has 0 aromatic rings. The van der Waals surface area contributed by atoms with Gasteiger partial charge in [0.1, 0.15) is 0 Å². The number of rotatable bonds is 9. The average Bonchev–Trinajstić information content (AvgIpc) is 2.12. The van der Waals surface area contributed by atoms with Gasteiger partial charge in [-0.05, 0) is 6.42 Å². The quantitative estimate of drug-likeness (QED) is 0.353. The molecule has 0 aliphatic rings. The Bertz CT molecular complexity index is 153. The van der Waals surface area contributed by atoms with Crippen LogP contribution in [0.25, 0.3) is 0 Å². The Hall–Kier alpha value is -0.680. The number of nitro groups is 1. The maximum atomic E-state index is 10.3. The Morgan fingerprint density at radius 3 is 2.64 bits per heavy atom. The highest BCUT2D eigenvalue weighted by Crippen LogP contribution is 2.05. The second-order valence-electron chi connectivity index (χ2n) is 3.38. The smallest absolute Gasteiger partial charge is 0.221 e. The molecule has 0 rings (SSSR count). The molecule has 0 amide bonds. The van der Waals surface area contributed by atoms with Crippen molar-refractivity contribution in [3.05, 3.63) is 10.1 Å². The van der Waals surface area contributed by atoms with Crippen molar-refractivity contribution in [3.63, 3.8) is 0 Å². The molecule has 14 heavy (non-hydrogen) atoms. The van der Waals surface area contributed by atoms with Crippen molar-refractivity contribution >= 4 is 0 Å². The van der Waals surface area contributed by atoms with Crippen LogP contribution in [0.15, 0.2) is 0 Å². The molecule has 0 aliphatic heterocycles. The van der Waals surface area contributed by atoms with Crippen LogP contribution in [0, 0.1) is 10.1 Å². The molecule has 84 valence electrons. The summed E-state index contributed by atoms with van der Waals surface area (Å²) in [5.41, 5.74) is 2.65. The van der Waals surface area contributed by atoms with Crippen LogP contribution in [-0.2, 0) is 4.84 Å². The topological polar surface area (TPSA) is 64.4 Å². The van der Waals surface area contributed by atoms with Gasteiger partial charge in [-0.2, -0.15) is 5.48 Å². The molecule has 1 unspecified atom stereocenters. The molecule has 0 aliphatic carbocycles. The monoisotopic (exact) mass is 204 g/mol. The van der Waals surface area contributed by atoms with Crippen LogP contribution in [0.4, 0.5) is 0 Å². The van der Waals surface area contributed by atoms with Gasteiger partial charge in [0.25, 0.3) is 0 Å². The number of hydrogen-bond donors (Lipinski definition) is 1. The van der Waals surface area contributed by atoms with Gasteiger partial charge in [0.2, 0.25) is 6.54 Å². The zero-order valence-electron chi connectivity index (χ0n) is 8.99. The van der Waals surface area contributed by atoms with Crippen LogP contribution in [0.5, 0.6) is 0 Å². The molecular formula is C9H20N2O3. The maximum Gasteiger partial charge on any atom is 0.221 e. The molecule has 5 heteroatoms. The maximum absolute atomic E-state index is 10.3. The molecule has 0 saturated heterocycles. The van der Waals surface area contributed by atoms with E-state index in [1.165, 1.54) is 20.0 Å². The number of nitrogens with one attached hydrogen (secondary N) is 1. The van der Waals surface area contributed by atoms with Crippen molar-refractivity contribution in [1.82, 2.24) is 5.48 Å². The third-order valence-corrected chi connectivity index (χ3v) is 2.06. The Balaban J connectivity index is 3.56. The summed E-state index contributed by atoms with van der Waals surface area (Å²) < 4.78 is 0. The Labute approximate surface area is 84.9 Å². The summed E-state index contributed by atoms with van der Waals surface area (Å²) in [6, 6.07) is -0.160. The van der Waals surface area contributed by atoms with E-state index in [0.717, 1.165) is 19.3 Å². The first-order valence-electron chi connectivity index (χ1n) is 5.11. The lowest BCUT2D eigenvalue weighted by atomic mass is 10.1. The first kappa shape index (κ1) is 13.3. The van der Waals surface area contributed by atoms with Gasteiger partial charge in [-0.25, -0.2) is 0 Å². The molecule has 1 atom stereocenters. The van der Waals surface area contributed by atoms with Gasteiger partial charge >= 0.3 is 0 Å². The molecule has 5 nitrogen and oxygen atoms in total. The third kappa shape index (κ3) is 7.94. The lowest BCUT2D eigenvalue weighted by Gasteiger charge is -2.12. The summed E-state index contributed by atoms with van der Waals surface area (Å²) in [5, 5.41) is 10.3. The lowest BCUT2D eigenvalue weighted by Crippen LogP contribution is -2.34. The third-order valence-electron chi connectivity index (χ3n) is 2.06. The molecule has 1 N–H and O–H groups in total. The van der Waals surface area contributed by atoms with Gasteiger partial charge in [0.05, 0.1) is 13.2 Å². The molecule has 0 bridgehead atoms.